The Balaban J connectivity index is 1.56. The summed E-state index contributed by atoms with van der Waals surface area (Å²) in [5.74, 6) is 0.0629. The molecule has 196 valence electrons. The summed E-state index contributed by atoms with van der Waals surface area (Å²) in [6.45, 7) is 1.14. The highest BCUT2D eigenvalue weighted by atomic mass is 19.1. The fraction of sp³-hybridized carbons (Fsp3) is 0.241. The van der Waals surface area contributed by atoms with Crippen LogP contribution in [0.5, 0.6) is 11.6 Å². The van der Waals surface area contributed by atoms with Crippen LogP contribution in [0.15, 0.2) is 65.7 Å². The third-order valence-electron chi connectivity index (χ3n) is 6.55. The zero-order valence-corrected chi connectivity index (χ0v) is 21.5. The quantitative estimate of drug-likeness (QED) is 0.268. The fourth-order valence-electron chi connectivity index (χ4n) is 4.41. The fourth-order valence-corrected chi connectivity index (χ4v) is 4.41. The molecule has 0 atom stereocenters. The first kappa shape index (κ1) is 25.4. The lowest BCUT2D eigenvalue weighted by molar-refractivity contribution is -0.215. The van der Waals surface area contributed by atoms with E-state index in [-0.39, 0.29) is 11.8 Å². The summed E-state index contributed by atoms with van der Waals surface area (Å²) < 4.78 is 13.9. The molecule has 0 saturated heterocycles. The van der Waals surface area contributed by atoms with Gasteiger partial charge in [-0.05, 0) is 62.6 Å². The normalized spacial score (nSPS) is 13.4. The zero-order valence-electron chi connectivity index (χ0n) is 21.5. The van der Waals surface area contributed by atoms with Crippen LogP contribution in [0.3, 0.4) is 0 Å². The predicted octanol–water partition coefficient (Wildman–Crippen LogP) is 4.96. The molecule has 0 spiro atoms. The standard InChI is InChI=1S/C29H29FN4O4/c1-33(2)14-12-26(35)34(3)22-9-7-21(8-10-22)31-28(19-5-4-18-13-15-37-38-25(18)16-19)27-23-11-6-20(30)17-24(23)32-29(27)36/h4-11,16-17,32,36H,12-15H2,1-3H3. The molecular weight excluding hydrogens is 487 g/mol. The number of carbonyl (C=O) groups excluding carboxylic acids is 1. The molecule has 1 aliphatic heterocycles. The Bertz CT molecular complexity index is 1510. The number of nitrogens with one attached hydrogen (secondary N) is 1. The maximum absolute atomic E-state index is 13.9. The van der Waals surface area contributed by atoms with Gasteiger partial charge in [-0.25, -0.2) is 9.38 Å². The minimum absolute atomic E-state index is 0.0165. The predicted molar refractivity (Wildman–Crippen MR) is 145 cm³/mol. The second kappa shape index (κ2) is 10.6. The Labute approximate surface area is 219 Å². The number of hydrogen-bond donors (Lipinski definition) is 2. The van der Waals surface area contributed by atoms with Crippen molar-refractivity contribution in [2.75, 3.05) is 39.2 Å². The number of nitrogens with zero attached hydrogens (tertiary/aromatic N) is 3. The van der Waals surface area contributed by atoms with Crippen molar-refractivity contribution in [3.8, 4) is 11.6 Å². The number of aliphatic imine (C=N–C) groups is 1. The molecule has 1 amide bonds. The van der Waals surface area contributed by atoms with E-state index in [0.29, 0.717) is 58.8 Å². The number of aromatic nitrogens is 1. The molecule has 4 aromatic rings. The van der Waals surface area contributed by atoms with Crippen molar-refractivity contribution < 1.29 is 24.1 Å². The van der Waals surface area contributed by atoms with Crippen molar-refractivity contribution in [1.29, 1.82) is 0 Å². The molecule has 1 aliphatic rings. The summed E-state index contributed by atoms with van der Waals surface area (Å²) in [7, 11) is 5.61. The van der Waals surface area contributed by atoms with Gasteiger partial charge in [0.25, 0.3) is 0 Å². The molecule has 3 aromatic carbocycles. The maximum atomic E-state index is 13.9. The monoisotopic (exact) mass is 516 g/mol. The van der Waals surface area contributed by atoms with E-state index in [4.69, 9.17) is 14.8 Å². The Morgan fingerprint density at radius 3 is 2.63 bits per heavy atom. The number of benzene rings is 3. The highest BCUT2D eigenvalue weighted by molar-refractivity contribution is 6.22. The number of amides is 1. The van der Waals surface area contributed by atoms with Crippen LogP contribution < -0.4 is 9.79 Å². The molecule has 0 unspecified atom stereocenters. The first-order valence-electron chi connectivity index (χ1n) is 12.3. The number of rotatable bonds is 7. The van der Waals surface area contributed by atoms with Crippen LogP contribution >= 0.6 is 0 Å². The van der Waals surface area contributed by atoms with Gasteiger partial charge in [-0.2, -0.15) is 4.89 Å². The van der Waals surface area contributed by atoms with Gasteiger partial charge in [0.15, 0.2) is 11.6 Å². The third-order valence-corrected chi connectivity index (χ3v) is 6.55. The van der Waals surface area contributed by atoms with Gasteiger partial charge >= 0.3 is 0 Å². The molecule has 0 aliphatic carbocycles. The summed E-state index contributed by atoms with van der Waals surface area (Å²) in [6.07, 6.45) is 1.14. The van der Waals surface area contributed by atoms with Crippen LogP contribution in [-0.2, 0) is 16.1 Å². The summed E-state index contributed by atoms with van der Waals surface area (Å²) in [6, 6.07) is 17.3. The number of halogens is 1. The molecule has 2 heterocycles. The summed E-state index contributed by atoms with van der Waals surface area (Å²) in [4.78, 5) is 34.4. The van der Waals surface area contributed by atoms with Gasteiger partial charge in [-0.15, -0.1) is 0 Å². The van der Waals surface area contributed by atoms with Gasteiger partial charge in [-0.1, -0.05) is 12.1 Å². The lowest BCUT2D eigenvalue weighted by Crippen LogP contribution is -2.29. The van der Waals surface area contributed by atoms with Gasteiger partial charge in [-0.3, -0.25) is 4.79 Å². The number of H-pyrrole nitrogens is 1. The first-order valence-corrected chi connectivity index (χ1v) is 12.3. The van der Waals surface area contributed by atoms with E-state index in [1.165, 1.54) is 12.1 Å². The highest BCUT2D eigenvalue weighted by Crippen LogP contribution is 2.34. The van der Waals surface area contributed by atoms with Crippen LogP contribution in [0.4, 0.5) is 15.8 Å². The summed E-state index contributed by atoms with van der Waals surface area (Å²) in [5, 5.41) is 11.5. The number of anilines is 1. The second-order valence-corrected chi connectivity index (χ2v) is 9.50. The van der Waals surface area contributed by atoms with Crippen LogP contribution in [-0.4, -0.2) is 60.9 Å². The third kappa shape index (κ3) is 5.25. The summed E-state index contributed by atoms with van der Waals surface area (Å²) >= 11 is 0. The molecule has 5 rings (SSSR count). The molecule has 38 heavy (non-hydrogen) atoms. The average molecular weight is 517 g/mol. The van der Waals surface area contributed by atoms with Gasteiger partial charge in [0.1, 0.15) is 5.82 Å². The number of hydrogen-bond acceptors (Lipinski definition) is 6. The van der Waals surface area contributed by atoms with Crippen LogP contribution in [0.1, 0.15) is 23.1 Å². The van der Waals surface area contributed by atoms with Crippen LogP contribution in [0.2, 0.25) is 0 Å². The SMILES string of the molecule is CN(C)CCC(=O)N(C)c1ccc(N=C(c2ccc3c(c2)OOCC3)c2c(O)[nH]c3cc(F)ccc23)cc1. The lowest BCUT2D eigenvalue weighted by Gasteiger charge is -2.19. The Morgan fingerprint density at radius 2 is 1.87 bits per heavy atom. The lowest BCUT2D eigenvalue weighted by atomic mass is 9.98. The van der Waals surface area contributed by atoms with Crippen molar-refractivity contribution in [1.82, 2.24) is 9.88 Å². The van der Waals surface area contributed by atoms with Crippen molar-refractivity contribution in [3.63, 3.8) is 0 Å². The van der Waals surface area contributed by atoms with Crippen molar-refractivity contribution >= 4 is 33.9 Å². The minimum atomic E-state index is -0.414. The number of carbonyl (C=O) groups is 1. The summed E-state index contributed by atoms with van der Waals surface area (Å²) in [5.41, 5.74) is 4.43. The van der Waals surface area contributed by atoms with E-state index in [1.807, 2.05) is 61.5 Å². The van der Waals surface area contributed by atoms with Gasteiger partial charge < -0.3 is 24.8 Å². The molecular formula is C29H29FN4O4. The Kier molecular flexibility index (Phi) is 7.13. The molecule has 2 N–H and O–H groups in total. The van der Waals surface area contributed by atoms with E-state index >= 15 is 0 Å². The van der Waals surface area contributed by atoms with Crippen molar-refractivity contribution in [2.24, 2.45) is 4.99 Å². The topological polar surface area (TPSA) is 90.4 Å². The molecule has 0 fully saturated rings. The molecule has 8 nitrogen and oxygen atoms in total. The van der Waals surface area contributed by atoms with Crippen molar-refractivity contribution in [2.45, 2.75) is 12.8 Å². The minimum Gasteiger partial charge on any atom is -0.494 e. The highest BCUT2D eigenvalue weighted by Gasteiger charge is 2.22. The average Bonchev–Trinajstić information content (AvgIpc) is 3.24. The number of aromatic hydroxyl groups is 1. The maximum Gasteiger partial charge on any atom is 0.228 e. The van der Waals surface area contributed by atoms with E-state index in [2.05, 4.69) is 4.98 Å². The van der Waals surface area contributed by atoms with Gasteiger partial charge in [0.2, 0.25) is 5.91 Å². The van der Waals surface area contributed by atoms with Gasteiger partial charge in [0, 0.05) is 48.6 Å². The molecule has 0 radical (unpaired) electrons. The van der Waals surface area contributed by atoms with E-state index < -0.39 is 5.82 Å². The van der Waals surface area contributed by atoms with Crippen LogP contribution in [0, 0.1) is 5.82 Å². The number of aromatic amines is 1. The number of fused-ring (bicyclic) bond motifs is 2. The molecule has 9 heteroatoms. The van der Waals surface area contributed by atoms with Crippen LogP contribution in [0.25, 0.3) is 10.9 Å². The van der Waals surface area contributed by atoms with E-state index in [0.717, 1.165) is 17.7 Å². The molecule has 0 saturated carbocycles. The largest absolute Gasteiger partial charge is 0.494 e. The first-order chi connectivity index (χ1) is 18.3. The Morgan fingerprint density at radius 1 is 1.08 bits per heavy atom. The Hall–Kier alpha value is -4.21. The molecule has 1 aromatic heterocycles. The van der Waals surface area contributed by atoms with E-state index in [1.54, 1.807) is 18.0 Å². The van der Waals surface area contributed by atoms with Gasteiger partial charge in [0.05, 0.1) is 29.1 Å². The van der Waals surface area contributed by atoms with E-state index in [9.17, 15) is 14.3 Å². The smallest absolute Gasteiger partial charge is 0.228 e. The van der Waals surface area contributed by atoms with Crippen molar-refractivity contribution in [3.05, 3.63) is 83.2 Å². The second-order valence-electron chi connectivity index (χ2n) is 9.50. The molecule has 0 bridgehead atoms. The zero-order chi connectivity index (χ0) is 26.8.